The molecule has 5 aromatic rings. The Bertz CT molecular complexity index is 1430. The summed E-state index contributed by atoms with van der Waals surface area (Å²) in [6, 6.07) is 32.6. The van der Waals surface area contributed by atoms with Crippen molar-refractivity contribution in [3.63, 3.8) is 0 Å². The van der Waals surface area contributed by atoms with Gasteiger partial charge >= 0.3 is 5.97 Å². The molecule has 1 aromatic heterocycles. The van der Waals surface area contributed by atoms with Crippen molar-refractivity contribution in [1.29, 1.82) is 0 Å². The van der Waals surface area contributed by atoms with Gasteiger partial charge < -0.3 is 14.4 Å². The van der Waals surface area contributed by atoms with E-state index < -0.39 is 5.97 Å². The number of carbonyl (C=O) groups is 1. The van der Waals surface area contributed by atoms with Gasteiger partial charge in [0.2, 0.25) is 0 Å². The fourth-order valence-electron chi connectivity index (χ4n) is 3.99. The van der Waals surface area contributed by atoms with E-state index in [1.807, 2.05) is 91.0 Å². The van der Waals surface area contributed by atoms with E-state index in [4.69, 9.17) is 16.3 Å². The van der Waals surface area contributed by atoms with Crippen LogP contribution in [-0.4, -0.2) is 15.6 Å². The molecule has 1 heterocycles. The Hall–Kier alpha value is -4.02. The molecular formula is C28H20ClNO3. The number of carboxylic acid groups (broad SMARTS) is 1. The smallest absolute Gasteiger partial charge is 0.356 e. The summed E-state index contributed by atoms with van der Waals surface area (Å²) in [5, 5.41) is 11.6. The summed E-state index contributed by atoms with van der Waals surface area (Å²) in [7, 11) is 0. The van der Waals surface area contributed by atoms with Crippen molar-refractivity contribution < 1.29 is 14.6 Å². The summed E-state index contributed by atoms with van der Waals surface area (Å²) < 4.78 is 7.98. The van der Waals surface area contributed by atoms with E-state index in [1.165, 1.54) is 0 Å². The van der Waals surface area contributed by atoms with Crippen molar-refractivity contribution in [3.8, 4) is 22.6 Å². The van der Waals surface area contributed by atoms with E-state index in [-0.39, 0.29) is 5.69 Å². The van der Waals surface area contributed by atoms with Crippen LogP contribution >= 0.6 is 11.6 Å². The standard InChI is InChI=1S/C28H20ClNO3/c29-22-14-11-19(12-15-22)18-30-25-16-13-21(20-7-3-1-4-8-20)17-24(25)27(26(30)28(31)32)33-23-9-5-2-6-10-23/h1-17H,18H2,(H,31,32). The number of carboxylic acids is 1. The molecule has 0 bridgehead atoms. The van der Waals surface area contributed by atoms with Crippen LogP contribution in [0.1, 0.15) is 16.1 Å². The Morgan fingerprint density at radius 2 is 1.48 bits per heavy atom. The van der Waals surface area contributed by atoms with Gasteiger partial charge in [-0.2, -0.15) is 0 Å². The van der Waals surface area contributed by atoms with Gasteiger partial charge in [0.25, 0.3) is 0 Å². The molecule has 5 heteroatoms. The second-order valence-corrected chi connectivity index (χ2v) is 8.14. The summed E-state index contributed by atoms with van der Waals surface area (Å²) in [6.07, 6.45) is 0. The normalized spacial score (nSPS) is 10.9. The zero-order valence-electron chi connectivity index (χ0n) is 17.6. The maximum atomic E-state index is 12.5. The Morgan fingerprint density at radius 3 is 2.15 bits per heavy atom. The zero-order chi connectivity index (χ0) is 22.8. The molecule has 4 aromatic carbocycles. The van der Waals surface area contributed by atoms with E-state index >= 15 is 0 Å². The predicted octanol–water partition coefficient (Wildman–Crippen LogP) is 7.50. The number of halogens is 1. The third-order valence-corrected chi connectivity index (χ3v) is 5.80. The zero-order valence-corrected chi connectivity index (χ0v) is 18.4. The van der Waals surface area contributed by atoms with Crippen molar-refractivity contribution in [2.45, 2.75) is 6.54 Å². The number of nitrogens with zero attached hydrogens (tertiary/aromatic N) is 1. The van der Waals surface area contributed by atoms with Gasteiger partial charge in [-0.25, -0.2) is 4.79 Å². The Kier molecular flexibility index (Phi) is 5.59. The van der Waals surface area contributed by atoms with Crippen LogP contribution in [0.5, 0.6) is 11.5 Å². The molecule has 0 atom stereocenters. The van der Waals surface area contributed by atoms with E-state index in [0.717, 1.165) is 27.6 Å². The second kappa shape index (κ2) is 8.85. The molecule has 0 unspecified atom stereocenters. The van der Waals surface area contributed by atoms with Crippen LogP contribution in [0.2, 0.25) is 5.02 Å². The molecule has 4 nitrogen and oxygen atoms in total. The molecule has 1 N–H and O–H groups in total. The molecule has 0 aliphatic heterocycles. The van der Waals surface area contributed by atoms with Crippen LogP contribution in [0.25, 0.3) is 22.0 Å². The number of hydrogen-bond acceptors (Lipinski definition) is 2. The number of hydrogen-bond donors (Lipinski definition) is 1. The second-order valence-electron chi connectivity index (χ2n) is 7.71. The lowest BCUT2D eigenvalue weighted by Crippen LogP contribution is -2.10. The van der Waals surface area contributed by atoms with Gasteiger partial charge in [0, 0.05) is 17.0 Å². The third kappa shape index (κ3) is 4.21. The molecule has 0 saturated carbocycles. The first-order chi connectivity index (χ1) is 16.1. The number of rotatable bonds is 6. The summed E-state index contributed by atoms with van der Waals surface area (Å²) >= 11 is 6.04. The summed E-state index contributed by atoms with van der Waals surface area (Å²) in [6.45, 7) is 0.373. The largest absolute Gasteiger partial charge is 0.476 e. The minimum absolute atomic E-state index is 0.106. The lowest BCUT2D eigenvalue weighted by atomic mass is 10.0. The van der Waals surface area contributed by atoms with Crippen molar-refractivity contribution in [3.05, 3.63) is 119 Å². The van der Waals surface area contributed by atoms with Crippen molar-refractivity contribution in [2.24, 2.45) is 0 Å². The molecule has 0 aliphatic carbocycles. The van der Waals surface area contributed by atoms with Gasteiger partial charge in [-0.1, -0.05) is 78.3 Å². The quantitative estimate of drug-likeness (QED) is 0.289. The first-order valence-electron chi connectivity index (χ1n) is 10.5. The van der Waals surface area contributed by atoms with Crippen LogP contribution in [0.4, 0.5) is 0 Å². The Morgan fingerprint density at radius 1 is 0.818 bits per heavy atom. The van der Waals surface area contributed by atoms with Gasteiger partial charge in [-0.15, -0.1) is 0 Å². The summed E-state index contributed by atoms with van der Waals surface area (Å²) in [5.74, 6) is -0.140. The van der Waals surface area contributed by atoms with Gasteiger partial charge in [-0.05, 0) is 53.1 Å². The van der Waals surface area contributed by atoms with Crippen molar-refractivity contribution in [1.82, 2.24) is 4.57 Å². The van der Waals surface area contributed by atoms with Gasteiger partial charge in [0.1, 0.15) is 5.75 Å². The number of ether oxygens (including phenoxy) is 1. The SMILES string of the molecule is O=C(O)c1c(Oc2ccccc2)c2cc(-c3ccccc3)ccc2n1Cc1ccc(Cl)cc1. The third-order valence-electron chi connectivity index (χ3n) is 5.54. The van der Waals surface area contributed by atoms with Gasteiger partial charge in [-0.3, -0.25) is 0 Å². The Labute approximate surface area is 196 Å². The van der Waals surface area contributed by atoms with Gasteiger partial charge in [0.05, 0.1) is 5.52 Å². The number of aromatic carboxylic acids is 1. The average Bonchev–Trinajstić information content (AvgIpc) is 3.14. The number of aromatic nitrogens is 1. The minimum Gasteiger partial charge on any atom is -0.476 e. The van der Waals surface area contributed by atoms with Crippen molar-refractivity contribution in [2.75, 3.05) is 0 Å². The van der Waals surface area contributed by atoms with E-state index in [9.17, 15) is 9.90 Å². The summed E-state index contributed by atoms with van der Waals surface area (Å²) in [4.78, 5) is 12.5. The van der Waals surface area contributed by atoms with Crippen LogP contribution < -0.4 is 4.74 Å². The van der Waals surface area contributed by atoms with Crippen LogP contribution in [0.15, 0.2) is 103 Å². The van der Waals surface area contributed by atoms with Crippen LogP contribution in [-0.2, 0) is 6.54 Å². The van der Waals surface area contributed by atoms with Crippen molar-refractivity contribution >= 4 is 28.5 Å². The van der Waals surface area contributed by atoms with Gasteiger partial charge in [0.15, 0.2) is 11.4 Å². The predicted molar refractivity (Wildman–Crippen MR) is 131 cm³/mol. The molecule has 0 spiro atoms. The molecule has 0 fully saturated rings. The highest BCUT2D eigenvalue weighted by Gasteiger charge is 2.25. The number of fused-ring (bicyclic) bond motifs is 1. The molecule has 162 valence electrons. The van der Waals surface area contributed by atoms with Crippen LogP contribution in [0, 0.1) is 0 Å². The first-order valence-corrected chi connectivity index (χ1v) is 10.9. The topological polar surface area (TPSA) is 51.5 Å². The molecule has 5 rings (SSSR count). The fraction of sp³-hybridized carbons (Fsp3) is 0.0357. The molecule has 0 aliphatic rings. The Balaban J connectivity index is 1.73. The first kappa shape index (κ1) is 20.9. The maximum Gasteiger partial charge on any atom is 0.356 e. The monoisotopic (exact) mass is 453 g/mol. The lowest BCUT2D eigenvalue weighted by Gasteiger charge is -2.10. The highest BCUT2D eigenvalue weighted by Crippen LogP contribution is 2.39. The van der Waals surface area contributed by atoms with E-state index in [2.05, 4.69) is 0 Å². The van der Waals surface area contributed by atoms with E-state index in [1.54, 1.807) is 16.7 Å². The van der Waals surface area contributed by atoms with Crippen LogP contribution in [0.3, 0.4) is 0 Å². The lowest BCUT2D eigenvalue weighted by molar-refractivity contribution is 0.0683. The molecule has 0 radical (unpaired) electrons. The number of para-hydroxylation sites is 1. The fourth-order valence-corrected chi connectivity index (χ4v) is 4.12. The molecular weight excluding hydrogens is 434 g/mol. The number of benzene rings is 4. The van der Waals surface area contributed by atoms with E-state index in [0.29, 0.717) is 23.1 Å². The maximum absolute atomic E-state index is 12.5. The minimum atomic E-state index is -1.05. The molecule has 0 saturated heterocycles. The molecule has 33 heavy (non-hydrogen) atoms. The highest BCUT2D eigenvalue weighted by molar-refractivity contribution is 6.30. The average molecular weight is 454 g/mol. The summed E-state index contributed by atoms with van der Waals surface area (Å²) in [5.41, 5.74) is 3.87. The highest BCUT2D eigenvalue weighted by atomic mass is 35.5. The molecule has 0 amide bonds.